The SMILES string of the molecule is CCCCCCCCCCCCCC(=O)N[C@H](NC(=S)Nc1ccc(OC)cc1)C(Cl)(Cl)Cl. The van der Waals surface area contributed by atoms with Crippen LogP contribution in [-0.2, 0) is 4.79 Å². The summed E-state index contributed by atoms with van der Waals surface area (Å²) in [5, 5.41) is 8.83. The van der Waals surface area contributed by atoms with Crippen LogP contribution in [0.25, 0.3) is 0 Å². The summed E-state index contributed by atoms with van der Waals surface area (Å²) in [6.07, 6.45) is 12.9. The fourth-order valence-electron chi connectivity index (χ4n) is 3.36. The highest BCUT2D eigenvalue weighted by atomic mass is 35.6. The second-order valence-electron chi connectivity index (χ2n) is 8.15. The van der Waals surface area contributed by atoms with Gasteiger partial charge in [-0.25, -0.2) is 0 Å². The van der Waals surface area contributed by atoms with E-state index in [0.717, 1.165) is 30.7 Å². The first-order valence-electron chi connectivity index (χ1n) is 11.8. The second-order valence-corrected chi connectivity index (χ2v) is 10.9. The van der Waals surface area contributed by atoms with E-state index in [1.165, 1.54) is 51.4 Å². The molecule has 1 rings (SSSR count). The summed E-state index contributed by atoms with van der Waals surface area (Å²) in [6, 6.07) is 7.21. The van der Waals surface area contributed by atoms with Crippen molar-refractivity contribution in [2.24, 2.45) is 0 Å². The maximum atomic E-state index is 12.4. The van der Waals surface area contributed by atoms with Crippen LogP contribution in [0, 0.1) is 0 Å². The topological polar surface area (TPSA) is 62.4 Å². The molecular formula is C24H38Cl3N3O2S. The van der Waals surface area contributed by atoms with Crippen molar-refractivity contribution in [3.8, 4) is 5.75 Å². The van der Waals surface area contributed by atoms with E-state index in [1.54, 1.807) is 19.2 Å². The minimum atomic E-state index is -1.77. The van der Waals surface area contributed by atoms with E-state index in [4.69, 9.17) is 51.8 Å². The lowest BCUT2D eigenvalue weighted by Gasteiger charge is -2.27. The van der Waals surface area contributed by atoms with Gasteiger partial charge in [0.25, 0.3) is 0 Å². The molecule has 0 radical (unpaired) electrons. The fraction of sp³-hybridized carbons (Fsp3) is 0.667. The van der Waals surface area contributed by atoms with Gasteiger partial charge < -0.3 is 20.7 Å². The van der Waals surface area contributed by atoms with Crippen LogP contribution in [0.1, 0.15) is 84.0 Å². The van der Waals surface area contributed by atoms with Gasteiger partial charge in [-0.15, -0.1) is 0 Å². The maximum absolute atomic E-state index is 12.4. The minimum absolute atomic E-state index is 0.179. The molecule has 0 spiro atoms. The minimum Gasteiger partial charge on any atom is -0.497 e. The highest BCUT2D eigenvalue weighted by Gasteiger charge is 2.34. The largest absolute Gasteiger partial charge is 0.497 e. The Kier molecular flexibility index (Phi) is 15.9. The summed E-state index contributed by atoms with van der Waals surface area (Å²) in [5.41, 5.74) is 0.739. The summed E-state index contributed by atoms with van der Waals surface area (Å²) in [4.78, 5) is 12.4. The molecule has 0 aliphatic carbocycles. The number of hydrogen-bond acceptors (Lipinski definition) is 3. The molecule has 188 valence electrons. The van der Waals surface area contributed by atoms with E-state index in [-0.39, 0.29) is 11.0 Å². The third-order valence-corrected chi connectivity index (χ3v) is 6.14. The maximum Gasteiger partial charge on any atom is 0.228 e. The number of halogens is 3. The van der Waals surface area contributed by atoms with Gasteiger partial charge in [-0.2, -0.15) is 0 Å². The molecule has 1 aromatic carbocycles. The van der Waals surface area contributed by atoms with Gasteiger partial charge in [-0.1, -0.05) is 106 Å². The highest BCUT2D eigenvalue weighted by molar-refractivity contribution is 7.80. The number of alkyl halides is 3. The number of nitrogens with one attached hydrogen (secondary N) is 3. The number of carbonyl (C=O) groups is 1. The Morgan fingerprint density at radius 1 is 0.909 bits per heavy atom. The van der Waals surface area contributed by atoms with Crippen LogP contribution in [-0.4, -0.2) is 28.1 Å². The number of benzene rings is 1. The number of hydrogen-bond donors (Lipinski definition) is 3. The Labute approximate surface area is 219 Å². The van der Waals surface area contributed by atoms with Crippen LogP contribution in [0.15, 0.2) is 24.3 Å². The Balaban J connectivity index is 2.27. The summed E-state index contributed by atoms with van der Waals surface area (Å²) in [5.74, 6) is 0.551. The van der Waals surface area contributed by atoms with Crippen LogP contribution in [0.3, 0.4) is 0 Å². The molecule has 0 aliphatic rings. The van der Waals surface area contributed by atoms with E-state index in [1.807, 2.05) is 12.1 Å². The number of unbranched alkanes of at least 4 members (excludes halogenated alkanes) is 10. The van der Waals surface area contributed by atoms with Gasteiger partial charge in [0.15, 0.2) is 5.11 Å². The van der Waals surface area contributed by atoms with Crippen molar-refractivity contribution < 1.29 is 9.53 Å². The van der Waals surface area contributed by atoms with Crippen LogP contribution in [0.2, 0.25) is 0 Å². The Hall–Kier alpha value is -0.950. The van der Waals surface area contributed by atoms with Crippen molar-refractivity contribution in [2.45, 2.75) is 93.9 Å². The van der Waals surface area contributed by atoms with Crippen molar-refractivity contribution in [2.75, 3.05) is 12.4 Å². The zero-order valence-electron chi connectivity index (χ0n) is 19.7. The Bertz CT molecular complexity index is 685. The molecule has 0 bridgehead atoms. The summed E-state index contributed by atoms with van der Waals surface area (Å²) < 4.78 is 3.37. The highest BCUT2D eigenvalue weighted by Crippen LogP contribution is 2.29. The molecule has 0 saturated carbocycles. The number of carbonyl (C=O) groups excluding carboxylic acids is 1. The third-order valence-electron chi connectivity index (χ3n) is 5.26. The number of methoxy groups -OCH3 is 1. The summed E-state index contributed by atoms with van der Waals surface area (Å²) >= 11 is 23.5. The molecule has 5 nitrogen and oxygen atoms in total. The lowest BCUT2D eigenvalue weighted by molar-refractivity contribution is -0.122. The molecule has 9 heteroatoms. The lowest BCUT2D eigenvalue weighted by atomic mass is 10.1. The second kappa shape index (κ2) is 17.5. The van der Waals surface area contributed by atoms with Crippen molar-refractivity contribution in [3.63, 3.8) is 0 Å². The van der Waals surface area contributed by atoms with Crippen LogP contribution >= 0.6 is 47.0 Å². The van der Waals surface area contributed by atoms with E-state index < -0.39 is 9.96 Å². The van der Waals surface area contributed by atoms with E-state index >= 15 is 0 Å². The van der Waals surface area contributed by atoms with Gasteiger partial charge in [0, 0.05) is 12.1 Å². The Morgan fingerprint density at radius 2 is 1.42 bits per heavy atom. The van der Waals surface area contributed by atoms with Gasteiger partial charge >= 0.3 is 0 Å². The predicted molar refractivity (Wildman–Crippen MR) is 146 cm³/mol. The van der Waals surface area contributed by atoms with Gasteiger partial charge in [-0.3, -0.25) is 4.79 Å². The molecule has 0 saturated heterocycles. The first-order chi connectivity index (χ1) is 15.8. The molecule has 0 heterocycles. The Morgan fingerprint density at radius 3 is 1.91 bits per heavy atom. The molecule has 0 unspecified atom stereocenters. The molecule has 0 aromatic heterocycles. The van der Waals surface area contributed by atoms with Crippen molar-refractivity contribution >= 4 is 63.7 Å². The summed E-state index contributed by atoms with van der Waals surface area (Å²) in [6.45, 7) is 2.24. The predicted octanol–water partition coefficient (Wildman–Crippen LogP) is 7.50. The number of amides is 1. The smallest absolute Gasteiger partial charge is 0.228 e. The standard InChI is InChI=1S/C24H38Cl3N3O2S/c1-3-4-5-6-7-8-9-10-11-12-13-14-21(31)29-22(24(25,26)27)30-23(33)28-19-15-17-20(32-2)18-16-19/h15-18,22H,3-14H2,1-2H3,(H,29,31)(H2,28,30,33)/t22-/m1/s1. The van der Waals surface area contributed by atoms with Crippen molar-refractivity contribution in [1.29, 1.82) is 0 Å². The average Bonchev–Trinajstić information content (AvgIpc) is 2.77. The monoisotopic (exact) mass is 537 g/mol. The molecular weight excluding hydrogens is 501 g/mol. The summed E-state index contributed by atoms with van der Waals surface area (Å²) in [7, 11) is 1.60. The molecule has 3 N–H and O–H groups in total. The van der Waals surface area contributed by atoms with Gasteiger partial charge in [0.05, 0.1) is 7.11 Å². The quantitative estimate of drug-likeness (QED) is 0.0880. The van der Waals surface area contributed by atoms with E-state index in [0.29, 0.717) is 6.42 Å². The zero-order valence-corrected chi connectivity index (χ0v) is 22.8. The fourth-order valence-corrected chi connectivity index (χ4v) is 3.92. The first kappa shape index (κ1) is 30.1. The molecule has 1 atom stereocenters. The number of ether oxygens (including phenoxy) is 1. The van der Waals surface area contributed by atoms with Gasteiger partial charge in [0.1, 0.15) is 11.9 Å². The van der Waals surface area contributed by atoms with Crippen LogP contribution in [0.4, 0.5) is 5.69 Å². The number of anilines is 1. The van der Waals surface area contributed by atoms with E-state index in [2.05, 4.69) is 22.9 Å². The van der Waals surface area contributed by atoms with Crippen LogP contribution in [0.5, 0.6) is 5.75 Å². The van der Waals surface area contributed by atoms with Crippen LogP contribution < -0.4 is 20.7 Å². The van der Waals surface area contributed by atoms with Crippen molar-refractivity contribution in [1.82, 2.24) is 10.6 Å². The van der Waals surface area contributed by atoms with E-state index in [9.17, 15) is 4.79 Å². The molecule has 1 aromatic rings. The molecule has 1 amide bonds. The number of rotatable bonds is 16. The number of thiocarbonyl (C=S) groups is 1. The van der Waals surface area contributed by atoms with Gasteiger partial charge in [-0.05, 0) is 42.9 Å². The molecule has 0 fully saturated rings. The van der Waals surface area contributed by atoms with Crippen molar-refractivity contribution in [3.05, 3.63) is 24.3 Å². The van der Waals surface area contributed by atoms with Gasteiger partial charge in [0.2, 0.25) is 9.70 Å². The lowest BCUT2D eigenvalue weighted by Crippen LogP contribution is -2.56. The molecule has 0 aliphatic heterocycles. The molecule has 33 heavy (non-hydrogen) atoms. The zero-order chi connectivity index (χ0) is 24.5. The average molecular weight is 539 g/mol. The normalized spacial score (nSPS) is 12.2. The first-order valence-corrected chi connectivity index (χ1v) is 13.4. The third kappa shape index (κ3) is 14.8.